The van der Waals surface area contributed by atoms with E-state index in [1.807, 2.05) is 30.3 Å². The molecule has 0 aliphatic heterocycles. The third-order valence-electron chi connectivity index (χ3n) is 2.64. The van der Waals surface area contributed by atoms with E-state index in [1.165, 1.54) is 12.1 Å². The Labute approximate surface area is 114 Å². The fourth-order valence-electron chi connectivity index (χ4n) is 1.76. The molecule has 0 saturated carbocycles. The van der Waals surface area contributed by atoms with Gasteiger partial charge in [-0.3, -0.25) is 8.63 Å². The van der Waals surface area contributed by atoms with Crippen LogP contribution in [0.15, 0.2) is 54.6 Å². The molecule has 0 aromatic heterocycles. The zero-order chi connectivity index (χ0) is 14.4. The molecule has 0 heterocycles. The van der Waals surface area contributed by atoms with E-state index >= 15 is 0 Å². The highest BCUT2D eigenvalue weighted by atomic mass is 19.3. The van der Waals surface area contributed by atoms with E-state index in [9.17, 15) is 13.2 Å². The lowest BCUT2D eigenvalue weighted by atomic mass is 10.1. The molecule has 0 aliphatic rings. The summed E-state index contributed by atoms with van der Waals surface area (Å²) in [6, 6.07) is 16.0. The Hall–Kier alpha value is -1.99. The molecule has 0 N–H and O–H groups in total. The normalized spacial score (nSPS) is 10.3. The SMILES string of the molecule is FON(OB(F)F)c1ccc(Cc2ccccc2)cc1. The molecule has 2 aromatic rings. The lowest BCUT2D eigenvalue weighted by Gasteiger charge is -2.15. The minimum Gasteiger partial charge on any atom is -0.256 e. The van der Waals surface area contributed by atoms with Crippen LogP contribution in [0.5, 0.6) is 0 Å². The van der Waals surface area contributed by atoms with Crippen molar-refractivity contribution in [1.82, 2.24) is 0 Å². The van der Waals surface area contributed by atoms with Gasteiger partial charge in [0, 0.05) is 0 Å². The number of benzene rings is 2. The third-order valence-corrected chi connectivity index (χ3v) is 2.64. The van der Waals surface area contributed by atoms with Gasteiger partial charge < -0.3 is 0 Å². The van der Waals surface area contributed by atoms with Gasteiger partial charge in [0.2, 0.25) is 0 Å². The third kappa shape index (κ3) is 4.01. The van der Waals surface area contributed by atoms with Crippen molar-refractivity contribution in [2.45, 2.75) is 6.42 Å². The van der Waals surface area contributed by atoms with Crippen molar-refractivity contribution in [2.75, 3.05) is 5.23 Å². The van der Waals surface area contributed by atoms with Crippen molar-refractivity contribution in [3.05, 3.63) is 65.7 Å². The van der Waals surface area contributed by atoms with Crippen LogP contribution in [-0.4, -0.2) is 7.47 Å². The summed E-state index contributed by atoms with van der Waals surface area (Å²) in [6.07, 6.45) is 0.688. The summed E-state index contributed by atoms with van der Waals surface area (Å²) < 4.78 is 40.0. The summed E-state index contributed by atoms with van der Waals surface area (Å²) >= 11 is 0. The lowest BCUT2D eigenvalue weighted by Crippen LogP contribution is -2.25. The molecular weight excluding hydrogens is 270 g/mol. The Kier molecular flexibility index (Phi) is 5.03. The van der Waals surface area contributed by atoms with Crippen LogP contribution in [-0.2, 0) is 16.2 Å². The van der Waals surface area contributed by atoms with Gasteiger partial charge in [-0.1, -0.05) is 47.7 Å². The Morgan fingerprint density at radius 2 is 1.50 bits per heavy atom. The van der Waals surface area contributed by atoms with Crippen LogP contribution in [0.3, 0.4) is 0 Å². The van der Waals surface area contributed by atoms with Crippen LogP contribution in [0.4, 0.5) is 18.8 Å². The maximum absolute atomic E-state index is 12.1. The first kappa shape index (κ1) is 14.4. The second-order valence-electron chi connectivity index (χ2n) is 4.02. The second kappa shape index (κ2) is 6.97. The lowest BCUT2D eigenvalue weighted by molar-refractivity contribution is -0.213. The molecule has 7 heteroatoms. The second-order valence-corrected chi connectivity index (χ2v) is 4.02. The Morgan fingerprint density at radius 1 is 0.900 bits per heavy atom. The maximum Gasteiger partial charge on any atom is 0.746 e. The first-order valence-corrected chi connectivity index (χ1v) is 5.85. The molecule has 0 aliphatic carbocycles. The summed E-state index contributed by atoms with van der Waals surface area (Å²) in [5.74, 6) is 0. The predicted molar refractivity (Wildman–Crippen MR) is 69.4 cm³/mol. The Balaban J connectivity index is 2.05. The molecule has 0 amide bonds. The van der Waals surface area contributed by atoms with Crippen molar-refractivity contribution in [3.63, 3.8) is 0 Å². The molecule has 0 saturated heterocycles. The molecule has 0 spiro atoms. The van der Waals surface area contributed by atoms with Gasteiger partial charge in [-0.05, 0) is 39.2 Å². The fourth-order valence-corrected chi connectivity index (χ4v) is 1.76. The van der Waals surface area contributed by atoms with Gasteiger partial charge in [0.05, 0.1) is 5.69 Å². The van der Waals surface area contributed by atoms with Crippen molar-refractivity contribution < 1.29 is 23.0 Å². The van der Waals surface area contributed by atoms with E-state index in [4.69, 9.17) is 0 Å². The summed E-state index contributed by atoms with van der Waals surface area (Å²) in [6.45, 7) is 0. The number of halogens is 3. The number of anilines is 1. The van der Waals surface area contributed by atoms with E-state index < -0.39 is 7.47 Å². The highest BCUT2D eigenvalue weighted by molar-refractivity contribution is 6.34. The van der Waals surface area contributed by atoms with Crippen molar-refractivity contribution in [1.29, 1.82) is 0 Å². The molecular formula is C13H11BF3NO2. The predicted octanol–water partition coefficient (Wildman–Crippen LogP) is 3.76. The molecule has 0 unspecified atom stereocenters. The quantitative estimate of drug-likeness (QED) is 0.594. The van der Waals surface area contributed by atoms with Gasteiger partial charge in [-0.15, -0.1) is 0 Å². The number of hydrogen-bond donors (Lipinski definition) is 0. The van der Waals surface area contributed by atoms with Crippen LogP contribution < -0.4 is 5.23 Å². The van der Waals surface area contributed by atoms with E-state index in [0.29, 0.717) is 6.42 Å². The monoisotopic (exact) mass is 281 g/mol. The van der Waals surface area contributed by atoms with Crippen LogP contribution in [0.25, 0.3) is 0 Å². The van der Waals surface area contributed by atoms with E-state index in [2.05, 4.69) is 9.80 Å². The summed E-state index contributed by atoms with van der Waals surface area (Å²) in [5, 5.41) is 3.26. The van der Waals surface area contributed by atoms with Crippen LogP contribution >= 0.6 is 0 Å². The molecule has 2 rings (SSSR count). The average molecular weight is 281 g/mol. The zero-order valence-electron chi connectivity index (χ0n) is 10.4. The first-order chi connectivity index (χ1) is 9.69. The average Bonchev–Trinajstić information content (AvgIpc) is 2.46. The topological polar surface area (TPSA) is 21.7 Å². The standard InChI is InChI=1S/C13H11BF3NO2/c15-14(16)19-18(20-17)13-8-6-12(7-9-13)10-11-4-2-1-3-5-11/h1-9H,10H2. The van der Waals surface area contributed by atoms with Crippen LogP contribution in [0.2, 0.25) is 0 Å². The van der Waals surface area contributed by atoms with Gasteiger partial charge >= 0.3 is 7.47 Å². The molecule has 0 radical (unpaired) electrons. The molecule has 0 bridgehead atoms. The molecule has 104 valence electrons. The van der Waals surface area contributed by atoms with Gasteiger partial charge in [-0.2, -0.15) is 0 Å². The summed E-state index contributed by atoms with van der Waals surface area (Å²) in [5.41, 5.74) is 2.10. The van der Waals surface area contributed by atoms with E-state index in [0.717, 1.165) is 11.1 Å². The first-order valence-electron chi connectivity index (χ1n) is 5.85. The maximum atomic E-state index is 12.1. The van der Waals surface area contributed by atoms with E-state index in [1.54, 1.807) is 12.1 Å². The highest BCUT2D eigenvalue weighted by Crippen LogP contribution is 2.19. The van der Waals surface area contributed by atoms with Crippen LogP contribution in [0, 0.1) is 0 Å². The number of rotatable bonds is 6. The summed E-state index contributed by atoms with van der Waals surface area (Å²) in [4.78, 5) is 0. The fraction of sp³-hybridized carbons (Fsp3) is 0.0769. The van der Waals surface area contributed by atoms with Crippen molar-refractivity contribution in [2.24, 2.45) is 0 Å². The van der Waals surface area contributed by atoms with Gasteiger partial charge in [0.1, 0.15) is 0 Å². The minimum absolute atomic E-state index is 0.0248. The largest absolute Gasteiger partial charge is 0.746 e. The molecule has 0 fully saturated rings. The van der Waals surface area contributed by atoms with E-state index in [-0.39, 0.29) is 10.9 Å². The molecule has 2 aromatic carbocycles. The zero-order valence-corrected chi connectivity index (χ0v) is 10.4. The number of nitrogens with zero attached hydrogens (tertiary/aromatic N) is 1. The van der Waals surface area contributed by atoms with Crippen LogP contribution in [0.1, 0.15) is 11.1 Å². The summed E-state index contributed by atoms with van der Waals surface area (Å²) in [7, 11) is -3.17. The molecule has 0 atom stereocenters. The Morgan fingerprint density at radius 3 is 2.05 bits per heavy atom. The minimum atomic E-state index is -3.17. The Bertz CT molecular complexity index is 525. The van der Waals surface area contributed by atoms with Crippen molar-refractivity contribution >= 4 is 13.2 Å². The smallest absolute Gasteiger partial charge is 0.256 e. The number of hydrogen-bond acceptors (Lipinski definition) is 3. The molecule has 3 nitrogen and oxygen atoms in total. The molecule has 20 heavy (non-hydrogen) atoms. The van der Waals surface area contributed by atoms with Gasteiger partial charge in [-0.25, -0.2) is 4.76 Å². The highest BCUT2D eigenvalue weighted by Gasteiger charge is 2.23. The van der Waals surface area contributed by atoms with Crippen molar-refractivity contribution in [3.8, 4) is 0 Å². The van der Waals surface area contributed by atoms with Gasteiger partial charge in [0.25, 0.3) is 0 Å². The van der Waals surface area contributed by atoms with Gasteiger partial charge in [0.15, 0.2) is 0 Å².